The zero-order valence-corrected chi connectivity index (χ0v) is 16.4. The number of amides is 2. The molecule has 2 rings (SSSR count). The fraction of sp³-hybridized carbons (Fsp3) is 0.421. The van der Waals surface area contributed by atoms with Crippen LogP contribution >= 0.6 is 0 Å². The molecule has 2 N–H and O–H groups in total. The van der Waals surface area contributed by atoms with Gasteiger partial charge >= 0.3 is 12.3 Å². The number of alkyl halides is 4. The molecule has 0 aliphatic heterocycles. The summed E-state index contributed by atoms with van der Waals surface area (Å²) in [5.41, 5.74) is 0.889. The molecule has 2 amide bonds. The Balaban J connectivity index is 2.05. The number of nitrogens with zero attached hydrogens (tertiary/aromatic N) is 2. The molecular weight excluding hydrogens is 408 g/mol. The monoisotopic (exact) mass is 430 g/mol. The van der Waals surface area contributed by atoms with Gasteiger partial charge in [-0.05, 0) is 24.1 Å². The fourth-order valence-electron chi connectivity index (χ4n) is 2.49. The van der Waals surface area contributed by atoms with Crippen LogP contribution in [0.3, 0.4) is 0 Å². The van der Waals surface area contributed by atoms with Gasteiger partial charge in [0, 0.05) is 19.2 Å². The normalized spacial score (nSPS) is 11.6. The Morgan fingerprint density at radius 2 is 2.00 bits per heavy atom. The number of rotatable bonds is 10. The van der Waals surface area contributed by atoms with Crippen LogP contribution in [0.5, 0.6) is 0 Å². The number of hydrogen-bond donors (Lipinski definition) is 2. The highest BCUT2D eigenvalue weighted by atomic mass is 19.3. The molecule has 164 valence electrons. The molecule has 11 heteroatoms. The summed E-state index contributed by atoms with van der Waals surface area (Å²) >= 11 is 0. The molecule has 0 saturated carbocycles. The highest BCUT2D eigenvalue weighted by molar-refractivity contribution is 6.08. The number of carbonyl (C=O) groups excluding carboxylic acids is 2. The third-order valence-corrected chi connectivity index (χ3v) is 4.01. The molecule has 7 nitrogen and oxygen atoms in total. The van der Waals surface area contributed by atoms with E-state index in [2.05, 4.69) is 20.5 Å². The van der Waals surface area contributed by atoms with Gasteiger partial charge in [-0.25, -0.2) is 8.78 Å². The highest BCUT2D eigenvalue weighted by Gasteiger charge is 2.40. The van der Waals surface area contributed by atoms with E-state index in [0.717, 1.165) is 6.42 Å². The molecule has 1 aromatic heterocycles. The van der Waals surface area contributed by atoms with Crippen molar-refractivity contribution in [3.63, 3.8) is 0 Å². The number of anilines is 1. The lowest BCUT2D eigenvalue weighted by atomic mass is 10.1. The Morgan fingerprint density at radius 1 is 1.27 bits per heavy atom. The molecule has 0 aliphatic carbocycles. The van der Waals surface area contributed by atoms with Crippen molar-refractivity contribution in [1.29, 1.82) is 0 Å². The van der Waals surface area contributed by atoms with Gasteiger partial charge in [-0.3, -0.25) is 14.3 Å². The zero-order chi connectivity index (χ0) is 22.3. The predicted octanol–water partition coefficient (Wildman–Crippen LogP) is 3.23. The minimum absolute atomic E-state index is 0.167. The molecular formula is C19H22F4N4O3. The maximum Gasteiger partial charge on any atom is 0.330 e. The minimum atomic E-state index is -4.25. The van der Waals surface area contributed by atoms with E-state index in [-0.39, 0.29) is 23.6 Å². The average molecular weight is 430 g/mol. The van der Waals surface area contributed by atoms with Gasteiger partial charge in [0.15, 0.2) is 0 Å². The zero-order valence-electron chi connectivity index (χ0n) is 16.4. The first-order chi connectivity index (χ1) is 14.2. The lowest BCUT2D eigenvalue weighted by molar-refractivity contribution is -0.168. The molecule has 1 heterocycles. The largest absolute Gasteiger partial charge is 0.370 e. The summed E-state index contributed by atoms with van der Waals surface area (Å²) in [5, 5.41) is 9.26. The smallest absolute Gasteiger partial charge is 0.330 e. The SMILES string of the molecule is CCCNC(=O)c1c(NC(=O)c2cccc(COCC(F)(F)C(F)F)c2)cnn1C. The minimum Gasteiger partial charge on any atom is -0.370 e. The van der Waals surface area contributed by atoms with Gasteiger partial charge in [0.25, 0.3) is 11.8 Å². The number of halogens is 4. The van der Waals surface area contributed by atoms with E-state index < -0.39 is 30.8 Å². The first-order valence-electron chi connectivity index (χ1n) is 9.10. The van der Waals surface area contributed by atoms with E-state index in [1.165, 1.54) is 35.1 Å². The summed E-state index contributed by atoms with van der Waals surface area (Å²) in [7, 11) is 1.56. The number of nitrogens with one attached hydrogen (secondary N) is 2. The maximum atomic E-state index is 12.9. The summed E-state index contributed by atoms with van der Waals surface area (Å²) in [5.74, 6) is -5.20. The first kappa shape index (κ1) is 23.3. The second-order valence-electron chi connectivity index (χ2n) is 6.50. The van der Waals surface area contributed by atoms with E-state index in [1.807, 2.05) is 6.92 Å². The first-order valence-corrected chi connectivity index (χ1v) is 9.10. The van der Waals surface area contributed by atoms with Gasteiger partial charge < -0.3 is 15.4 Å². The molecule has 1 aromatic carbocycles. The van der Waals surface area contributed by atoms with E-state index >= 15 is 0 Å². The van der Waals surface area contributed by atoms with Crippen molar-refractivity contribution in [3.05, 3.63) is 47.3 Å². The Kier molecular flexibility index (Phi) is 7.93. The summed E-state index contributed by atoms with van der Waals surface area (Å²) in [4.78, 5) is 24.8. The van der Waals surface area contributed by atoms with Crippen LogP contribution in [0.4, 0.5) is 23.2 Å². The van der Waals surface area contributed by atoms with Gasteiger partial charge in [-0.1, -0.05) is 19.1 Å². The average Bonchev–Trinajstić information content (AvgIpc) is 3.06. The molecule has 0 fully saturated rings. The van der Waals surface area contributed by atoms with Crippen molar-refractivity contribution in [3.8, 4) is 0 Å². The van der Waals surface area contributed by atoms with Crippen LogP contribution in [0.15, 0.2) is 30.5 Å². The van der Waals surface area contributed by atoms with Crippen molar-refractivity contribution in [2.45, 2.75) is 32.3 Å². The Hall–Kier alpha value is -2.95. The second-order valence-corrected chi connectivity index (χ2v) is 6.50. The summed E-state index contributed by atoms with van der Waals surface area (Å²) < 4.78 is 56.1. The van der Waals surface area contributed by atoms with Gasteiger partial charge in [0.2, 0.25) is 0 Å². The predicted molar refractivity (Wildman–Crippen MR) is 101 cm³/mol. The van der Waals surface area contributed by atoms with Gasteiger partial charge in [-0.15, -0.1) is 0 Å². The van der Waals surface area contributed by atoms with E-state index in [0.29, 0.717) is 12.1 Å². The third-order valence-electron chi connectivity index (χ3n) is 4.01. The molecule has 0 bridgehead atoms. The van der Waals surface area contributed by atoms with Crippen molar-refractivity contribution in [1.82, 2.24) is 15.1 Å². The lowest BCUT2D eigenvalue weighted by Crippen LogP contribution is -2.32. The number of aromatic nitrogens is 2. The van der Waals surface area contributed by atoms with Crippen LogP contribution in [-0.2, 0) is 18.4 Å². The number of hydrogen-bond acceptors (Lipinski definition) is 4. The summed E-state index contributed by atoms with van der Waals surface area (Å²) in [6, 6.07) is 5.85. The number of carbonyl (C=O) groups is 2. The molecule has 0 radical (unpaired) electrons. The van der Waals surface area contributed by atoms with Crippen LogP contribution < -0.4 is 10.6 Å². The number of benzene rings is 1. The number of aryl methyl sites for hydroxylation is 1. The Morgan fingerprint density at radius 3 is 2.67 bits per heavy atom. The molecule has 0 aliphatic rings. The van der Waals surface area contributed by atoms with Gasteiger partial charge in [0.05, 0.1) is 18.5 Å². The van der Waals surface area contributed by atoms with Crippen LogP contribution in [0.1, 0.15) is 39.8 Å². The van der Waals surface area contributed by atoms with Gasteiger partial charge in [-0.2, -0.15) is 13.9 Å². The van der Waals surface area contributed by atoms with Crippen LogP contribution in [0, 0.1) is 0 Å². The highest BCUT2D eigenvalue weighted by Crippen LogP contribution is 2.23. The molecule has 0 unspecified atom stereocenters. The van der Waals surface area contributed by atoms with Crippen molar-refractivity contribution in [2.75, 3.05) is 18.5 Å². The van der Waals surface area contributed by atoms with Crippen LogP contribution in [-0.4, -0.2) is 47.1 Å². The molecule has 0 saturated heterocycles. The maximum absolute atomic E-state index is 12.9. The number of ether oxygens (including phenoxy) is 1. The lowest BCUT2D eigenvalue weighted by Gasteiger charge is -2.15. The topological polar surface area (TPSA) is 85.2 Å². The van der Waals surface area contributed by atoms with Crippen molar-refractivity contribution < 1.29 is 31.9 Å². The summed E-state index contributed by atoms with van der Waals surface area (Å²) in [6.45, 7) is 0.551. The molecule has 0 spiro atoms. The Labute approximate surface area is 170 Å². The molecule has 30 heavy (non-hydrogen) atoms. The fourth-order valence-corrected chi connectivity index (χ4v) is 2.49. The second kappa shape index (κ2) is 10.2. The van der Waals surface area contributed by atoms with Gasteiger partial charge in [0.1, 0.15) is 12.3 Å². The summed E-state index contributed by atoms with van der Waals surface area (Å²) in [6.07, 6.45) is -1.75. The van der Waals surface area contributed by atoms with E-state index in [1.54, 1.807) is 7.05 Å². The molecule has 0 atom stereocenters. The molecule has 2 aromatic rings. The van der Waals surface area contributed by atoms with E-state index in [4.69, 9.17) is 0 Å². The standard InChI is InChI=1S/C19H22F4N4O3/c1-3-7-24-17(29)15-14(9-25-27(15)2)26-16(28)13-6-4-5-12(8-13)10-30-11-19(22,23)18(20)21/h4-6,8-9,18H,3,7,10-11H2,1-2H3,(H,24,29)(H,26,28). The van der Waals surface area contributed by atoms with Crippen molar-refractivity contribution >= 4 is 17.5 Å². The van der Waals surface area contributed by atoms with Crippen molar-refractivity contribution in [2.24, 2.45) is 7.05 Å². The quantitative estimate of drug-likeness (QED) is 0.567. The van der Waals surface area contributed by atoms with E-state index in [9.17, 15) is 27.2 Å². The van der Waals surface area contributed by atoms with Crippen LogP contribution in [0.25, 0.3) is 0 Å². The Bertz CT molecular complexity index is 886. The van der Waals surface area contributed by atoms with Crippen LogP contribution in [0.2, 0.25) is 0 Å². The third kappa shape index (κ3) is 6.02.